The van der Waals surface area contributed by atoms with Gasteiger partial charge in [-0.3, -0.25) is 0 Å². The number of aliphatic hydroxyl groups is 2. The highest BCUT2D eigenvalue weighted by atomic mass is 16.7. The Bertz CT molecular complexity index is 230. The van der Waals surface area contributed by atoms with Gasteiger partial charge >= 0.3 is 0 Å². The van der Waals surface area contributed by atoms with E-state index < -0.39 is 31.4 Å². The summed E-state index contributed by atoms with van der Waals surface area (Å²) >= 11 is 0. The summed E-state index contributed by atoms with van der Waals surface area (Å²) in [6.07, 6.45) is -9.88. The van der Waals surface area contributed by atoms with Crippen LogP contribution in [0.25, 0.3) is 0 Å². The summed E-state index contributed by atoms with van der Waals surface area (Å²) in [6.45, 7) is -0.689. The van der Waals surface area contributed by atoms with Crippen molar-refractivity contribution < 1.29 is 25.2 Å². The molecule has 4 nitrogen and oxygen atoms in total. The lowest BCUT2D eigenvalue weighted by atomic mass is 10.1. The first-order valence-electron chi connectivity index (χ1n) is 4.76. The first-order chi connectivity index (χ1) is 6.17. The molecule has 0 aromatic rings. The molecular formula is C6H12O4. The zero-order valence-corrected chi connectivity index (χ0v) is 5.50. The molecule has 0 aromatic heterocycles. The highest BCUT2D eigenvalue weighted by molar-refractivity contribution is 4.72. The van der Waals surface area contributed by atoms with Gasteiger partial charge in [-0.05, 0) is 0 Å². The third-order valence-electron chi connectivity index (χ3n) is 1.11. The van der Waals surface area contributed by atoms with E-state index in [4.69, 9.17) is 5.48 Å². The van der Waals surface area contributed by atoms with E-state index in [1.54, 1.807) is 0 Å². The zero-order chi connectivity index (χ0) is 11.2. The molecule has 60 valence electrons. The van der Waals surface area contributed by atoms with Gasteiger partial charge in [-0.25, -0.2) is 0 Å². The van der Waals surface area contributed by atoms with Crippen LogP contribution in [0.15, 0.2) is 0 Å². The molecule has 1 heterocycles. The monoisotopic (exact) mass is 152 g/mol. The molecule has 1 saturated heterocycles. The van der Waals surface area contributed by atoms with Crippen LogP contribution < -0.4 is 0 Å². The smallest absolute Gasteiger partial charge is 0.159 e. The molecule has 0 aromatic carbocycles. The fraction of sp³-hybridized carbons (Fsp3) is 1.00. The Labute approximate surface area is 65.0 Å². The molecule has 1 fully saturated rings. The van der Waals surface area contributed by atoms with E-state index in [1.807, 2.05) is 0 Å². The molecule has 0 aliphatic carbocycles. The van der Waals surface area contributed by atoms with Gasteiger partial charge in [0.05, 0.1) is 15.4 Å². The number of hydrogen-bond acceptors (Lipinski definition) is 4. The lowest BCUT2D eigenvalue weighted by Crippen LogP contribution is -2.41. The molecule has 0 saturated carbocycles. The van der Waals surface area contributed by atoms with E-state index in [-0.39, 0.29) is 0 Å². The van der Waals surface area contributed by atoms with Crippen molar-refractivity contribution in [2.45, 2.75) is 24.8 Å². The second kappa shape index (κ2) is 3.30. The average Bonchev–Trinajstić information content (AvgIpc) is 2.02. The van der Waals surface area contributed by atoms with Gasteiger partial charge in [0.25, 0.3) is 0 Å². The van der Waals surface area contributed by atoms with E-state index in [1.165, 1.54) is 0 Å². The summed E-state index contributed by atoms with van der Waals surface area (Å²) in [6, 6.07) is 0. The fourth-order valence-corrected chi connectivity index (χ4v) is 0.587. The summed E-state index contributed by atoms with van der Waals surface area (Å²) in [5, 5.41) is 18.7. The van der Waals surface area contributed by atoms with Crippen molar-refractivity contribution in [3.8, 4) is 0 Å². The van der Waals surface area contributed by atoms with Gasteiger partial charge in [0.2, 0.25) is 0 Å². The first-order valence-corrected chi connectivity index (χ1v) is 2.76. The molecule has 0 radical (unpaired) electrons. The Hall–Kier alpha value is -0.160. The molecule has 1 aliphatic rings. The molecule has 4 heteroatoms. The number of rotatable bonds is 1. The van der Waals surface area contributed by atoms with E-state index in [0.717, 1.165) is 7.11 Å². The van der Waals surface area contributed by atoms with E-state index in [2.05, 4.69) is 9.47 Å². The van der Waals surface area contributed by atoms with Crippen molar-refractivity contribution >= 4 is 0 Å². The summed E-state index contributed by atoms with van der Waals surface area (Å²) in [5.41, 5.74) is 0. The van der Waals surface area contributed by atoms with Gasteiger partial charge in [-0.2, -0.15) is 0 Å². The van der Waals surface area contributed by atoms with Crippen LogP contribution in [0.1, 0.15) is 11.9 Å². The van der Waals surface area contributed by atoms with Crippen LogP contribution in [0.2, 0.25) is 0 Å². The summed E-state index contributed by atoms with van der Waals surface area (Å²) in [5.74, 6) is 0. The number of methoxy groups -OCH3 is 1. The lowest BCUT2D eigenvalue weighted by Gasteiger charge is -2.29. The van der Waals surface area contributed by atoms with Crippen LogP contribution in [0, 0.1) is 0 Å². The molecule has 1 aliphatic heterocycles. The second-order valence-electron chi connectivity index (χ2n) is 1.82. The highest BCUT2D eigenvalue weighted by Crippen LogP contribution is 2.14. The maximum atomic E-state index is 9.43. The lowest BCUT2D eigenvalue weighted by molar-refractivity contribution is -0.206. The van der Waals surface area contributed by atoms with E-state index in [9.17, 15) is 10.2 Å². The Balaban J connectivity index is 3.06. The van der Waals surface area contributed by atoms with Gasteiger partial charge in [0.15, 0.2) is 6.29 Å². The van der Waals surface area contributed by atoms with E-state index in [0.29, 0.717) is 0 Å². The van der Waals surface area contributed by atoms with Crippen molar-refractivity contribution in [1.82, 2.24) is 0 Å². The molecule has 1 rings (SSSR count). The minimum absolute atomic E-state index is 0.689. The van der Waals surface area contributed by atoms with Crippen molar-refractivity contribution in [2.24, 2.45) is 0 Å². The standard InChI is InChI=1S/C6H12O4/c1-9-6-2-4(7)5(8)3-10-6/h4-8H,2-3H2,1H3/t4-,5+,6+/m0/s1/i2D2,4D,5D. The predicted molar refractivity (Wildman–Crippen MR) is 33.4 cm³/mol. The van der Waals surface area contributed by atoms with Gasteiger partial charge in [-0.1, -0.05) is 0 Å². The van der Waals surface area contributed by atoms with Gasteiger partial charge < -0.3 is 19.7 Å². The van der Waals surface area contributed by atoms with E-state index >= 15 is 0 Å². The highest BCUT2D eigenvalue weighted by Gasteiger charge is 2.27. The Kier molecular flexibility index (Phi) is 1.32. The molecule has 2 N–H and O–H groups in total. The van der Waals surface area contributed by atoms with Crippen molar-refractivity contribution in [3.63, 3.8) is 0 Å². The quantitative estimate of drug-likeness (QED) is 0.511. The minimum atomic E-state index is -3.00. The topological polar surface area (TPSA) is 58.9 Å². The number of ether oxygens (including phenoxy) is 2. The summed E-state index contributed by atoms with van der Waals surface area (Å²) < 4.78 is 38.3. The average molecular weight is 152 g/mol. The Morgan fingerprint density at radius 1 is 1.70 bits per heavy atom. The molecule has 3 atom stereocenters. The molecular weight excluding hydrogens is 136 g/mol. The summed E-state index contributed by atoms with van der Waals surface area (Å²) in [4.78, 5) is 0. The molecule has 0 amide bonds. The summed E-state index contributed by atoms with van der Waals surface area (Å²) in [7, 11) is 1.15. The minimum Gasteiger partial charge on any atom is -0.390 e. The normalized spacial score (nSPS) is 67.3. The van der Waals surface area contributed by atoms with Crippen LogP contribution in [-0.4, -0.2) is 42.4 Å². The first kappa shape index (κ1) is 4.01. The maximum Gasteiger partial charge on any atom is 0.159 e. The largest absolute Gasteiger partial charge is 0.390 e. The van der Waals surface area contributed by atoms with Crippen LogP contribution in [0.3, 0.4) is 0 Å². The molecule has 0 spiro atoms. The van der Waals surface area contributed by atoms with Crippen LogP contribution in [0.5, 0.6) is 0 Å². The second-order valence-corrected chi connectivity index (χ2v) is 1.82. The Morgan fingerprint density at radius 2 is 2.40 bits per heavy atom. The van der Waals surface area contributed by atoms with Gasteiger partial charge in [0, 0.05) is 16.2 Å². The molecule has 0 bridgehead atoms. The Morgan fingerprint density at radius 3 is 3.00 bits per heavy atom. The van der Waals surface area contributed by atoms with Crippen LogP contribution in [-0.2, 0) is 9.47 Å². The van der Waals surface area contributed by atoms with Crippen LogP contribution in [0.4, 0.5) is 0 Å². The van der Waals surface area contributed by atoms with Crippen LogP contribution >= 0.6 is 0 Å². The third-order valence-corrected chi connectivity index (χ3v) is 1.11. The SMILES string of the molecule is [2H]C1([2H])[C@H](OC)OC[C@@]([2H])(O)[C@@]1([2H])O. The van der Waals surface area contributed by atoms with Crippen molar-refractivity contribution in [3.05, 3.63) is 0 Å². The van der Waals surface area contributed by atoms with Gasteiger partial charge in [0.1, 0.15) is 6.08 Å². The van der Waals surface area contributed by atoms with Crippen molar-refractivity contribution in [1.29, 1.82) is 0 Å². The molecule has 0 unspecified atom stereocenters. The maximum absolute atomic E-state index is 9.43. The fourth-order valence-electron chi connectivity index (χ4n) is 0.587. The zero-order valence-electron chi connectivity index (χ0n) is 9.50. The van der Waals surface area contributed by atoms with Gasteiger partial charge in [-0.15, -0.1) is 0 Å². The number of hydrogen-bond donors (Lipinski definition) is 2. The third kappa shape index (κ3) is 1.67. The molecule has 10 heavy (non-hydrogen) atoms. The van der Waals surface area contributed by atoms with Crippen molar-refractivity contribution in [2.75, 3.05) is 13.7 Å². The predicted octanol–water partition coefficient (Wildman–Crippen LogP) is -0.899.